The predicted molar refractivity (Wildman–Crippen MR) is 102 cm³/mol. The van der Waals surface area contributed by atoms with E-state index in [-0.39, 0.29) is 29.4 Å². The molecule has 8 heteroatoms. The number of hydrogen-bond donors (Lipinski definition) is 1. The van der Waals surface area contributed by atoms with Crippen LogP contribution in [0.5, 0.6) is 11.5 Å². The van der Waals surface area contributed by atoms with Gasteiger partial charge in [0.1, 0.15) is 11.6 Å². The molecule has 0 radical (unpaired) electrons. The lowest BCUT2D eigenvalue weighted by Gasteiger charge is -2.12. The largest absolute Gasteiger partial charge is 0.454 e. The fraction of sp³-hybridized carbons (Fsp3) is 0.200. The molecule has 3 rings (SSSR count). The van der Waals surface area contributed by atoms with Gasteiger partial charge in [0.25, 0.3) is 11.6 Å². The number of rotatable bonds is 4. The topological polar surface area (TPSA) is 114 Å². The first-order chi connectivity index (χ1) is 13.3. The van der Waals surface area contributed by atoms with Crippen molar-refractivity contribution in [3.05, 3.63) is 62.2 Å². The van der Waals surface area contributed by atoms with Crippen molar-refractivity contribution in [3.8, 4) is 17.6 Å². The molecule has 0 saturated carbocycles. The smallest absolute Gasteiger partial charge is 0.280 e. The molecule has 0 bridgehead atoms. The van der Waals surface area contributed by atoms with Crippen LogP contribution in [0.2, 0.25) is 0 Å². The number of nitrogens with one attached hydrogen (secondary N) is 1. The van der Waals surface area contributed by atoms with Gasteiger partial charge in [0.05, 0.1) is 16.6 Å². The van der Waals surface area contributed by atoms with Crippen molar-refractivity contribution in [2.45, 2.75) is 20.8 Å². The van der Waals surface area contributed by atoms with E-state index in [1.54, 1.807) is 0 Å². The van der Waals surface area contributed by atoms with Gasteiger partial charge in [-0.2, -0.15) is 5.26 Å². The van der Waals surface area contributed by atoms with Crippen LogP contribution in [0.15, 0.2) is 29.8 Å². The molecule has 1 aliphatic rings. The lowest BCUT2D eigenvalue weighted by Crippen LogP contribution is -2.15. The van der Waals surface area contributed by atoms with Crippen LogP contribution in [0.4, 0.5) is 11.4 Å². The highest BCUT2D eigenvalue weighted by Gasteiger charge is 2.23. The Morgan fingerprint density at radius 3 is 2.36 bits per heavy atom. The third-order valence-corrected chi connectivity index (χ3v) is 4.30. The van der Waals surface area contributed by atoms with E-state index >= 15 is 0 Å². The number of anilines is 1. The van der Waals surface area contributed by atoms with E-state index in [1.807, 2.05) is 39.0 Å². The van der Waals surface area contributed by atoms with Gasteiger partial charge in [-0.3, -0.25) is 14.9 Å². The van der Waals surface area contributed by atoms with Crippen LogP contribution in [-0.4, -0.2) is 17.6 Å². The number of carbonyl (C=O) groups excluding carboxylic acids is 1. The Morgan fingerprint density at radius 2 is 1.79 bits per heavy atom. The summed E-state index contributed by atoms with van der Waals surface area (Å²) in [6.45, 7) is 5.62. The molecule has 0 spiro atoms. The molecular weight excluding hydrogens is 362 g/mol. The summed E-state index contributed by atoms with van der Waals surface area (Å²) in [5, 5.41) is 23.5. The maximum atomic E-state index is 12.6. The van der Waals surface area contributed by atoms with Crippen molar-refractivity contribution >= 4 is 23.4 Å². The Kier molecular flexibility index (Phi) is 5.00. The molecule has 8 nitrogen and oxygen atoms in total. The zero-order chi connectivity index (χ0) is 20.4. The van der Waals surface area contributed by atoms with Crippen LogP contribution in [0.3, 0.4) is 0 Å². The minimum atomic E-state index is -0.649. The first-order valence-electron chi connectivity index (χ1n) is 8.39. The second-order valence-electron chi connectivity index (χ2n) is 6.42. The molecule has 0 fully saturated rings. The summed E-state index contributed by atoms with van der Waals surface area (Å²) in [7, 11) is 0. The minimum absolute atomic E-state index is 0.0444. The zero-order valence-electron chi connectivity index (χ0n) is 15.5. The maximum Gasteiger partial charge on any atom is 0.280 e. The number of nitrogens with zero attached hydrogens (tertiary/aromatic N) is 2. The Hall–Kier alpha value is -3.86. The zero-order valence-corrected chi connectivity index (χ0v) is 15.5. The van der Waals surface area contributed by atoms with Gasteiger partial charge in [-0.1, -0.05) is 17.7 Å². The molecule has 2 aromatic rings. The van der Waals surface area contributed by atoms with Gasteiger partial charge >= 0.3 is 0 Å². The highest BCUT2D eigenvalue weighted by molar-refractivity contribution is 6.10. The standard InChI is InChI=1S/C20H17N3O5/c1-11-4-12(2)19(13(3)5-11)22-20(24)15(9-21)6-14-7-17-18(28-10-27-17)8-16(14)23(25)26/h4-8H,10H2,1-3H3,(H,22,24)/b15-6-. The summed E-state index contributed by atoms with van der Waals surface area (Å²) >= 11 is 0. The Labute approximate surface area is 161 Å². The van der Waals surface area contributed by atoms with Gasteiger partial charge in [0.2, 0.25) is 6.79 Å². The number of benzene rings is 2. The van der Waals surface area contributed by atoms with E-state index in [4.69, 9.17) is 9.47 Å². The van der Waals surface area contributed by atoms with Gasteiger partial charge < -0.3 is 14.8 Å². The second kappa shape index (κ2) is 7.40. The Morgan fingerprint density at radius 1 is 1.18 bits per heavy atom. The molecule has 0 atom stereocenters. The molecular formula is C20H17N3O5. The van der Waals surface area contributed by atoms with E-state index in [2.05, 4.69) is 5.32 Å². The first kappa shape index (κ1) is 18.9. The Balaban J connectivity index is 1.98. The molecule has 28 heavy (non-hydrogen) atoms. The third-order valence-electron chi connectivity index (χ3n) is 4.30. The van der Waals surface area contributed by atoms with Crippen molar-refractivity contribution in [2.24, 2.45) is 0 Å². The summed E-state index contributed by atoms with van der Waals surface area (Å²) in [4.78, 5) is 23.4. The number of carbonyl (C=O) groups is 1. The summed E-state index contributed by atoms with van der Waals surface area (Å²) < 4.78 is 10.4. The number of fused-ring (bicyclic) bond motifs is 1. The van der Waals surface area contributed by atoms with Crippen molar-refractivity contribution < 1.29 is 19.2 Å². The molecule has 0 aromatic heterocycles. The van der Waals surface area contributed by atoms with Crippen molar-refractivity contribution in [1.29, 1.82) is 5.26 Å². The van der Waals surface area contributed by atoms with Gasteiger partial charge in [0, 0.05) is 5.69 Å². The van der Waals surface area contributed by atoms with Crippen LogP contribution in [0, 0.1) is 42.2 Å². The molecule has 1 aliphatic heterocycles. The molecule has 2 aromatic carbocycles. The van der Waals surface area contributed by atoms with Crippen LogP contribution in [0.25, 0.3) is 6.08 Å². The number of nitro benzene ring substituents is 1. The summed E-state index contributed by atoms with van der Waals surface area (Å²) in [6.07, 6.45) is 1.17. The summed E-state index contributed by atoms with van der Waals surface area (Å²) in [5.41, 5.74) is 2.92. The van der Waals surface area contributed by atoms with E-state index in [0.717, 1.165) is 16.7 Å². The van der Waals surface area contributed by atoms with Crippen molar-refractivity contribution in [1.82, 2.24) is 0 Å². The Bertz CT molecular complexity index is 1040. The first-order valence-corrected chi connectivity index (χ1v) is 8.39. The van der Waals surface area contributed by atoms with Crippen LogP contribution in [0.1, 0.15) is 22.3 Å². The lowest BCUT2D eigenvalue weighted by atomic mass is 10.0. The average Bonchev–Trinajstić information content (AvgIpc) is 3.08. The van der Waals surface area contributed by atoms with Gasteiger partial charge in [-0.25, -0.2) is 0 Å². The predicted octanol–water partition coefficient (Wildman–Crippen LogP) is 3.79. The number of nitro groups is 1. The summed E-state index contributed by atoms with van der Waals surface area (Å²) in [6, 6.07) is 8.24. The van der Waals surface area contributed by atoms with Gasteiger partial charge in [-0.05, 0) is 44.0 Å². The van der Waals surface area contributed by atoms with Crippen LogP contribution < -0.4 is 14.8 Å². The number of nitriles is 1. The second-order valence-corrected chi connectivity index (χ2v) is 6.42. The van der Waals surface area contributed by atoms with Crippen LogP contribution >= 0.6 is 0 Å². The highest BCUT2D eigenvalue weighted by atomic mass is 16.7. The van der Waals surface area contributed by atoms with E-state index in [1.165, 1.54) is 18.2 Å². The van der Waals surface area contributed by atoms with Crippen LogP contribution in [-0.2, 0) is 4.79 Å². The lowest BCUT2D eigenvalue weighted by molar-refractivity contribution is -0.385. The molecule has 0 aliphatic carbocycles. The SMILES string of the molecule is Cc1cc(C)c(NC(=O)/C(C#N)=C\c2cc3c(cc2[N+](=O)[O-])OCO3)c(C)c1. The fourth-order valence-corrected chi connectivity index (χ4v) is 3.08. The maximum absolute atomic E-state index is 12.6. The molecule has 1 N–H and O–H groups in total. The van der Waals surface area contributed by atoms with E-state index < -0.39 is 10.8 Å². The number of hydrogen-bond acceptors (Lipinski definition) is 6. The normalized spacial score (nSPS) is 12.4. The van der Waals surface area contributed by atoms with E-state index in [9.17, 15) is 20.2 Å². The molecule has 0 unspecified atom stereocenters. The number of aryl methyl sites for hydroxylation is 3. The highest BCUT2D eigenvalue weighted by Crippen LogP contribution is 2.38. The number of ether oxygens (including phenoxy) is 2. The molecule has 0 saturated heterocycles. The van der Waals surface area contributed by atoms with E-state index in [0.29, 0.717) is 11.4 Å². The monoisotopic (exact) mass is 379 g/mol. The summed E-state index contributed by atoms with van der Waals surface area (Å²) in [5.74, 6) is -0.0815. The average molecular weight is 379 g/mol. The number of amides is 1. The minimum Gasteiger partial charge on any atom is -0.454 e. The third kappa shape index (κ3) is 3.64. The van der Waals surface area contributed by atoms with Crippen molar-refractivity contribution in [2.75, 3.05) is 12.1 Å². The molecule has 1 heterocycles. The molecule has 1 amide bonds. The van der Waals surface area contributed by atoms with Crippen molar-refractivity contribution in [3.63, 3.8) is 0 Å². The van der Waals surface area contributed by atoms with Gasteiger partial charge in [-0.15, -0.1) is 0 Å². The quantitative estimate of drug-likeness (QED) is 0.374. The molecule has 142 valence electrons. The fourth-order valence-electron chi connectivity index (χ4n) is 3.08. The van der Waals surface area contributed by atoms with Gasteiger partial charge in [0.15, 0.2) is 11.5 Å².